The molecule has 1 heterocycles. The largest absolute Gasteiger partial charge is 0.479 e. The zero-order valence-corrected chi connectivity index (χ0v) is 16.2. The lowest BCUT2D eigenvalue weighted by Crippen LogP contribution is -2.32. The van der Waals surface area contributed by atoms with E-state index in [9.17, 15) is 4.79 Å². The first-order chi connectivity index (χ1) is 13.7. The van der Waals surface area contributed by atoms with Crippen LogP contribution in [0.25, 0.3) is 6.08 Å². The molecule has 2 aromatic carbocycles. The Hall–Kier alpha value is -3.08. The molecule has 1 amide bonds. The Labute approximate surface area is 168 Å². The zero-order chi connectivity index (χ0) is 19.8. The van der Waals surface area contributed by atoms with Crippen LogP contribution in [0.4, 0.5) is 5.69 Å². The van der Waals surface area contributed by atoms with Crippen molar-refractivity contribution in [3.05, 3.63) is 65.1 Å². The molecule has 7 heteroatoms. The Morgan fingerprint density at radius 3 is 2.61 bits per heavy atom. The lowest BCUT2D eigenvalue weighted by molar-refractivity contribution is -0.122. The molecule has 0 bridgehead atoms. The van der Waals surface area contributed by atoms with Gasteiger partial charge in [-0.3, -0.25) is 9.69 Å². The van der Waals surface area contributed by atoms with Crippen LogP contribution in [0.3, 0.4) is 0 Å². The predicted octanol–water partition coefficient (Wildman–Crippen LogP) is 3.84. The minimum Gasteiger partial charge on any atom is -0.479 e. The van der Waals surface area contributed by atoms with E-state index >= 15 is 0 Å². The Morgan fingerprint density at radius 2 is 1.93 bits per heavy atom. The Bertz CT molecular complexity index is 918. The van der Waals surface area contributed by atoms with Gasteiger partial charge in [-0.1, -0.05) is 30.3 Å². The Morgan fingerprint density at radius 1 is 1.18 bits per heavy atom. The number of carbonyl (C=O) groups is 1. The van der Waals surface area contributed by atoms with Gasteiger partial charge in [0.2, 0.25) is 0 Å². The summed E-state index contributed by atoms with van der Waals surface area (Å²) in [5.74, 6) is 0.517. The number of nitriles is 1. The molecule has 1 fully saturated rings. The van der Waals surface area contributed by atoms with E-state index in [2.05, 4.69) is 4.99 Å². The molecule has 142 valence electrons. The molecule has 6 nitrogen and oxygen atoms in total. The number of hydrogen-bond acceptors (Lipinski definition) is 6. The number of amides is 1. The normalized spacial score (nSPS) is 16.6. The second-order valence-corrected chi connectivity index (χ2v) is 6.82. The van der Waals surface area contributed by atoms with Crippen LogP contribution in [0, 0.1) is 11.3 Å². The van der Waals surface area contributed by atoms with Gasteiger partial charge in [0.05, 0.1) is 23.7 Å². The van der Waals surface area contributed by atoms with Crippen LogP contribution in [-0.4, -0.2) is 42.8 Å². The number of methoxy groups -OCH3 is 1. The number of amidine groups is 1. The van der Waals surface area contributed by atoms with Crippen LogP contribution in [0.15, 0.2) is 64.5 Å². The van der Waals surface area contributed by atoms with Crippen LogP contribution in [0.2, 0.25) is 0 Å². The summed E-state index contributed by atoms with van der Waals surface area (Å²) >= 11 is 1.34. The maximum absolute atomic E-state index is 12.9. The Kier molecular flexibility index (Phi) is 6.84. The van der Waals surface area contributed by atoms with Crippen LogP contribution >= 0.6 is 11.8 Å². The molecule has 2 aromatic rings. The van der Waals surface area contributed by atoms with Crippen molar-refractivity contribution in [2.45, 2.75) is 0 Å². The summed E-state index contributed by atoms with van der Waals surface area (Å²) in [5, 5.41) is 9.20. The van der Waals surface area contributed by atoms with Gasteiger partial charge in [0.1, 0.15) is 11.8 Å². The third kappa shape index (κ3) is 5.00. The molecule has 0 radical (unpaired) electrons. The highest BCUT2D eigenvalue weighted by molar-refractivity contribution is 8.18. The van der Waals surface area contributed by atoms with Gasteiger partial charge in [-0.15, -0.1) is 0 Å². The maximum atomic E-state index is 12.9. The van der Waals surface area contributed by atoms with Crippen molar-refractivity contribution in [1.82, 2.24) is 4.90 Å². The number of benzene rings is 2. The molecule has 1 saturated heterocycles. The fourth-order valence-corrected chi connectivity index (χ4v) is 3.54. The highest BCUT2D eigenvalue weighted by Crippen LogP contribution is 2.34. The molecular weight excluding hydrogens is 374 g/mol. The third-order valence-corrected chi connectivity index (χ3v) is 4.88. The second kappa shape index (κ2) is 9.74. The minimum absolute atomic E-state index is 0.00252. The first-order valence-corrected chi connectivity index (χ1v) is 9.47. The first-order valence-electron chi connectivity index (χ1n) is 8.65. The number of carbonyl (C=O) groups excluding carboxylic acids is 1. The van der Waals surface area contributed by atoms with Gasteiger partial charge < -0.3 is 9.47 Å². The molecule has 0 spiro atoms. The predicted molar refractivity (Wildman–Crippen MR) is 110 cm³/mol. The molecule has 1 aliphatic rings. The molecule has 28 heavy (non-hydrogen) atoms. The third-order valence-electron chi connectivity index (χ3n) is 3.87. The minimum atomic E-state index is -0.0958. The van der Waals surface area contributed by atoms with Crippen molar-refractivity contribution >= 4 is 34.6 Å². The number of para-hydroxylation sites is 1. The number of thioether (sulfide) groups is 1. The summed E-state index contributed by atoms with van der Waals surface area (Å²) in [6.45, 7) is 0.868. The zero-order valence-electron chi connectivity index (χ0n) is 15.4. The molecule has 0 saturated carbocycles. The van der Waals surface area contributed by atoms with Crippen molar-refractivity contribution in [2.75, 3.05) is 26.9 Å². The molecule has 0 atom stereocenters. The topological polar surface area (TPSA) is 74.9 Å². The van der Waals surface area contributed by atoms with Gasteiger partial charge >= 0.3 is 0 Å². The van der Waals surface area contributed by atoms with Gasteiger partial charge in [0, 0.05) is 7.11 Å². The van der Waals surface area contributed by atoms with Crippen LogP contribution in [-0.2, 0) is 9.53 Å². The molecule has 0 N–H and O–H groups in total. The molecule has 0 aromatic heterocycles. The van der Waals surface area contributed by atoms with E-state index in [0.717, 1.165) is 11.3 Å². The van der Waals surface area contributed by atoms with Crippen molar-refractivity contribution in [2.24, 2.45) is 4.99 Å². The number of rotatable bonds is 7. The van der Waals surface area contributed by atoms with E-state index < -0.39 is 0 Å². The summed E-state index contributed by atoms with van der Waals surface area (Å²) in [6, 6.07) is 18.7. The standard InChI is InChI=1S/C21H19N3O3S/c1-26-14-12-24-20(25)19(28-21(24)23-17-5-3-2-4-6-17)15-16-7-9-18(10-8-16)27-13-11-22/h2-10,15H,12-14H2,1H3/b19-15-,23-21?. The molecule has 1 aliphatic heterocycles. The van der Waals surface area contributed by atoms with Gasteiger partial charge in [0.25, 0.3) is 5.91 Å². The fourth-order valence-electron chi connectivity index (χ4n) is 2.51. The highest BCUT2D eigenvalue weighted by Gasteiger charge is 2.33. The highest BCUT2D eigenvalue weighted by atomic mass is 32.2. The monoisotopic (exact) mass is 393 g/mol. The lowest BCUT2D eigenvalue weighted by Gasteiger charge is -2.14. The molecular formula is C21H19N3O3S. The van der Waals surface area contributed by atoms with Crippen LogP contribution < -0.4 is 4.74 Å². The van der Waals surface area contributed by atoms with Gasteiger partial charge in [-0.25, -0.2) is 4.99 Å². The average molecular weight is 393 g/mol. The lowest BCUT2D eigenvalue weighted by atomic mass is 10.2. The number of nitrogens with zero attached hydrogens (tertiary/aromatic N) is 3. The molecule has 0 unspecified atom stereocenters. The van der Waals surface area contributed by atoms with E-state index in [0.29, 0.717) is 29.0 Å². The average Bonchev–Trinajstić information content (AvgIpc) is 3.01. The van der Waals surface area contributed by atoms with E-state index in [1.165, 1.54) is 11.8 Å². The second-order valence-electron chi connectivity index (χ2n) is 5.81. The van der Waals surface area contributed by atoms with Crippen LogP contribution in [0.5, 0.6) is 5.75 Å². The number of ether oxygens (including phenoxy) is 2. The SMILES string of the molecule is COCCN1C(=O)/C(=C/c2ccc(OCC#N)cc2)SC1=Nc1ccccc1. The molecule has 0 aliphatic carbocycles. The summed E-state index contributed by atoms with van der Waals surface area (Å²) in [4.78, 5) is 19.7. The van der Waals surface area contributed by atoms with Gasteiger partial charge in [0.15, 0.2) is 11.8 Å². The first kappa shape index (κ1) is 19.7. The summed E-state index contributed by atoms with van der Waals surface area (Å²) in [5.41, 5.74) is 1.66. The Balaban J connectivity index is 1.83. The summed E-state index contributed by atoms with van der Waals surface area (Å²) in [7, 11) is 1.61. The van der Waals surface area contributed by atoms with E-state index in [-0.39, 0.29) is 12.5 Å². The molecule has 3 rings (SSSR count). The van der Waals surface area contributed by atoms with Crippen LogP contribution in [0.1, 0.15) is 5.56 Å². The quantitative estimate of drug-likeness (QED) is 0.668. The van der Waals surface area contributed by atoms with Crippen molar-refractivity contribution in [3.63, 3.8) is 0 Å². The van der Waals surface area contributed by atoms with Crippen molar-refractivity contribution in [1.29, 1.82) is 5.26 Å². The summed E-state index contributed by atoms with van der Waals surface area (Å²) in [6.07, 6.45) is 1.83. The smallest absolute Gasteiger partial charge is 0.266 e. The van der Waals surface area contributed by atoms with Crippen molar-refractivity contribution < 1.29 is 14.3 Å². The van der Waals surface area contributed by atoms with Crippen molar-refractivity contribution in [3.8, 4) is 11.8 Å². The summed E-state index contributed by atoms with van der Waals surface area (Å²) < 4.78 is 10.4. The maximum Gasteiger partial charge on any atom is 0.266 e. The van der Waals surface area contributed by atoms with E-state index in [4.69, 9.17) is 14.7 Å². The van der Waals surface area contributed by atoms with Gasteiger partial charge in [-0.2, -0.15) is 5.26 Å². The van der Waals surface area contributed by atoms with Gasteiger partial charge in [-0.05, 0) is 47.7 Å². The van der Waals surface area contributed by atoms with E-state index in [1.54, 1.807) is 24.1 Å². The van der Waals surface area contributed by atoms with E-state index in [1.807, 2.05) is 54.6 Å². The fraction of sp³-hybridized carbons (Fsp3) is 0.190. The number of aliphatic imine (C=N–C) groups is 1. The number of hydrogen-bond donors (Lipinski definition) is 0.